The molecule has 0 aliphatic carbocycles. The molecule has 1 saturated heterocycles. The van der Waals surface area contributed by atoms with Crippen molar-refractivity contribution in [2.75, 3.05) is 4.90 Å². The monoisotopic (exact) mass is 496 g/mol. The molecule has 2 amide bonds. The number of nitrogens with one attached hydrogen (secondary N) is 1. The van der Waals surface area contributed by atoms with Crippen molar-refractivity contribution in [1.29, 1.82) is 0 Å². The van der Waals surface area contributed by atoms with Crippen molar-refractivity contribution in [2.24, 2.45) is 0 Å². The predicted octanol–water partition coefficient (Wildman–Crippen LogP) is 5.71. The van der Waals surface area contributed by atoms with E-state index < -0.39 is 11.8 Å². The largest absolute Gasteiger partial charge is 0.489 e. The fourth-order valence-electron chi connectivity index (χ4n) is 3.21. The number of hydrogen-bond acceptors (Lipinski definition) is 4. The lowest BCUT2D eigenvalue weighted by Crippen LogP contribution is -2.54. The lowest BCUT2D eigenvalue weighted by atomic mass is 10.1. The van der Waals surface area contributed by atoms with Gasteiger partial charge in [-0.3, -0.25) is 19.8 Å². The van der Waals surface area contributed by atoms with E-state index in [0.29, 0.717) is 27.0 Å². The number of carbonyl (C=O) groups excluding carboxylic acids is 2. The Hall–Kier alpha value is -3.19. The molecule has 0 spiro atoms. The van der Waals surface area contributed by atoms with E-state index in [4.69, 9.17) is 40.2 Å². The number of halogens is 2. The Labute approximate surface area is 206 Å². The van der Waals surface area contributed by atoms with E-state index in [1.165, 1.54) is 11.0 Å². The van der Waals surface area contributed by atoms with Gasteiger partial charge < -0.3 is 4.74 Å². The van der Waals surface area contributed by atoms with Crippen LogP contribution < -0.4 is 15.0 Å². The SMILES string of the molecule is Cc1ccc(N2C(=O)C(=Cc3ccc(OCc4ccc(Cl)cc4Cl)cc3)C(=O)NC2=S)cc1. The van der Waals surface area contributed by atoms with Crippen LogP contribution in [0.25, 0.3) is 6.08 Å². The molecule has 5 nitrogen and oxygen atoms in total. The van der Waals surface area contributed by atoms with Gasteiger partial charge in [-0.25, -0.2) is 0 Å². The summed E-state index contributed by atoms with van der Waals surface area (Å²) in [6.45, 7) is 2.23. The summed E-state index contributed by atoms with van der Waals surface area (Å²) in [5.41, 5.74) is 3.11. The van der Waals surface area contributed by atoms with Crippen LogP contribution in [0, 0.1) is 6.92 Å². The highest BCUT2D eigenvalue weighted by atomic mass is 35.5. The maximum atomic E-state index is 13.1. The van der Waals surface area contributed by atoms with Crippen molar-refractivity contribution in [3.63, 3.8) is 0 Å². The highest BCUT2D eigenvalue weighted by molar-refractivity contribution is 7.80. The smallest absolute Gasteiger partial charge is 0.270 e. The Morgan fingerprint density at radius 3 is 2.36 bits per heavy atom. The first-order valence-electron chi connectivity index (χ1n) is 9.97. The Morgan fingerprint density at radius 2 is 1.70 bits per heavy atom. The van der Waals surface area contributed by atoms with Crippen LogP contribution in [0.1, 0.15) is 16.7 Å². The number of carbonyl (C=O) groups is 2. The van der Waals surface area contributed by atoms with Crippen LogP contribution in [-0.2, 0) is 16.2 Å². The van der Waals surface area contributed by atoms with Gasteiger partial charge in [0, 0.05) is 15.6 Å². The zero-order valence-electron chi connectivity index (χ0n) is 17.5. The van der Waals surface area contributed by atoms with Gasteiger partial charge in [-0.15, -0.1) is 0 Å². The van der Waals surface area contributed by atoms with Crippen molar-refractivity contribution in [3.8, 4) is 5.75 Å². The first-order chi connectivity index (χ1) is 15.8. The van der Waals surface area contributed by atoms with Gasteiger partial charge in [0.25, 0.3) is 11.8 Å². The van der Waals surface area contributed by atoms with Gasteiger partial charge >= 0.3 is 0 Å². The topological polar surface area (TPSA) is 58.6 Å². The van der Waals surface area contributed by atoms with E-state index >= 15 is 0 Å². The number of benzene rings is 3. The zero-order valence-corrected chi connectivity index (χ0v) is 19.8. The van der Waals surface area contributed by atoms with Crippen molar-refractivity contribution < 1.29 is 14.3 Å². The molecule has 4 rings (SSSR count). The highest BCUT2D eigenvalue weighted by Gasteiger charge is 2.34. The molecule has 1 fully saturated rings. The molecule has 0 bridgehead atoms. The molecule has 1 aliphatic heterocycles. The normalized spacial score (nSPS) is 15.1. The first-order valence-corrected chi connectivity index (χ1v) is 11.1. The zero-order chi connectivity index (χ0) is 23.5. The molecule has 0 unspecified atom stereocenters. The summed E-state index contributed by atoms with van der Waals surface area (Å²) in [6, 6.07) is 19.6. The van der Waals surface area contributed by atoms with E-state index in [2.05, 4.69) is 5.32 Å². The van der Waals surface area contributed by atoms with Gasteiger partial charge in [0.1, 0.15) is 17.9 Å². The minimum atomic E-state index is -0.536. The van der Waals surface area contributed by atoms with E-state index in [0.717, 1.165) is 11.1 Å². The summed E-state index contributed by atoms with van der Waals surface area (Å²) >= 11 is 17.3. The first kappa shape index (κ1) is 23.0. The van der Waals surface area contributed by atoms with Crippen LogP contribution in [0.15, 0.2) is 72.3 Å². The standard InChI is InChI=1S/C25H18Cl2N2O3S/c1-15-2-8-19(9-3-15)29-24(31)21(23(30)28-25(29)33)12-16-4-10-20(11-5-16)32-14-17-6-7-18(26)13-22(17)27/h2-13H,14H2,1H3,(H,28,30,33). The molecule has 3 aromatic carbocycles. The molecule has 3 aromatic rings. The van der Waals surface area contributed by atoms with Crippen LogP contribution in [0.3, 0.4) is 0 Å². The van der Waals surface area contributed by atoms with E-state index in [1.54, 1.807) is 54.6 Å². The number of thiocarbonyl (C=S) groups is 1. The fraction of sp³-hybridized carbons (Fsp3) is 0.0800. The predicted molar refractivity (Wildman–Crippen MR) is 135 cm³/mol. The Morgan fingerprint density at radius 1 is 1.00 bits per heavy atom. The number of ether oxygens (including phenoxy) is 1. The molecule has 33 heavy (non-hydrogen) atoms. The summed E-state index contributed by atoms with van der Waals surface area (Å²) in [6.07, 6.45) is 1.53. The third kappa shape index (κ3) is 5.25. The molecular formula is C25H18Cl2N2O3S. The molecule has 0 aromatic heterocycles. The van der Waals surface area contributed by atoms with Crippen molar-refractivity contribution in [2.45, 2.75) is 13.5 Å². The van der Waals surface area contributed by atoms with Gasteiger partial charge in [0.2, 0.25) is 0 Å². The highest BCUT2D eigenvalue weighted by Crippen LogP contribution is 2.25. The minimum absolute atomic E-state index is 0.00853. The lowest BCUT2D eigenvalue weighted by Gasteiger charge is -2.29. The molecule has 166 valence electrons. The summed E-state index contributed by atoms with van der Waals surface area (Å²) in [7, 11) is 0. The molecule has 0 radical (unpaired) electrons. The molecule has 1 N–H and O–H groups in total. The lowest BCUT2D eigenvalue weighted by molar-refractivity contribution is -0.122. The quantitative estimate of drug-likeness (QED) is 0.279. The number of nitrogens with zero attached hydrogens (tertiary/aromatic N) is 1. The minimum Gasteiger partial charge on any atom is -0.489 e. The number of anilines is 1. The van der Waals surface area contributed by atoms with Gasteiger partial charge in [-0.1, -0.05) is 59.1 Å². The molecule has 0 atom stereocenters. The molecule has 1 heterocycles. The second-order valence-electron chi connectivity index (χ2n) is 7.39. The number of rotatable bonds is 5. The van der Waals surface area contributed by atoms with Crippen LogP contribution in [0.5, 0.6) is 5.75 Å². The van der Waals surface area contributed by atoms with E-state index in [1.807, 2.05) is 19.1 Å². The van der Waals surface area contributed by atoms with E-state index in [9.17, 15) is 9.59 Å². The van der Waals surface area contributed by atoms with Crippen LogP contribution in [-0.4, -0.2) is 16.9 Å². The van der Waals surface area contributed by atoms with Crippen LogP contribution >= 0.6 is 35.4 Å². The third-order valence-corrected chi connectivity index (χ3v) is 5.87. The molecule has 0 saturated carbocycles. The Balaban J connectivity index is 1.51. The van der Waals surface area contributed by atoms with Crippen molar-refractivity contribution >= 4 is 64.1 Å². The third-order valence-electron chi connectivity index (χ3n) is 4.99. The maximum absolute atomic E-state index is 13.1. The van der Waals surface area contributed by atoms with Crippen molar-refractivity contribution in [3.05, 3.63) is 99.0 Å². The summed E-state index contributed by atoms with van der Waals surface area (Å²) in [5.74, 6) is -0.401. The molecule has 8 heteroatoms. The van der Waals surface area contributed by atoms with Gasteiger partial charge in [-0.2, -0.15) is 0 Å². The summed E-state index contributed by atoms with van der Waals surface area (Å²) in [4.78, 5) is 26.9. The summed E-state index contributed by atoms with van der Waals surface area (Å²) < 4.78 is 5.78. The number of aryl methyl sites for hydroxylation is 1. The molecular weight excluding hydrogens is 479 g/mol. The van der Waals surface area contributed by atoms with Crippen LogP contribution in [0.2, 0.25) is 10.0 Å². The second kappa shape index (κ2) is 9.75. The van der Waals surface area contributed by atoms with Gasteiger partial charge in [0.15, 0.2) is 5.11 Å². The van der Waals surface area contributed by atoms with Gasteiger partial charge in [-0.05, 0) is 67.2 Å². The average molecular weight is 497 g/mol. The van der Waals surface area contributed by atoms with Gasteiger partial charge in [0.05, 0.1) is 5.69 Å². The van der Waals surface area contributed by atoms with Crippen molar-refractivity contribution in [1.82, 2.24) is 5.32 Å². The van der Waals surface area contributed by atoms with E-state index in [-0.39, 0.29) is 17.3 Å². The van der Waals surface area contributed by atoms with Crippen LogP contribution in [0.4, 0.5) is 5.69 Å². The Bertz CT molecular complexity index is 1270. The second-order valence-corrected chi connectivity index (χ2v) is 8.62. The number of amides is 2. The Kier molecular flexibility index (Phi) is 6.79. The summed E-state index contributed by atoms with van der Waals surface area (Å²) in [5, 5.41) is 3.73. The maximum Gasteiger partial charge on any atom is 0.270 e. The number of hydrogen-bond donors (Lipinski definition) is 1. The fourth-order valence-corrected chi connectivity index (χ4v) is 3.96. The molecule has 1 aliphatic rings. The average Bonchev–Trinajstić information content (AvgIpc) is 2.78.